The van der Waals surface area contributed by atoms with Crippen molar-refractivity contribution >= 4 is 5.69 Å². The fourth-order valence-electron chi connectivity index (χ4n) is 2.22. The van der Waals surface area contributed by atoms with Crippen molar-refractivity contribution < 1.29 is 4.39 Å². The fraction of sp³-hybridized carbons (Fsp3) is 0.294. The predicted molar refractivity (Wildman–Crippen MR) is 78.9 cm³/mol. The van der Waals surface area contributed by atoms with E-state index >= 15 is 0 Å². The molecule has 0 amide bonds. The van der Waals surface area contributed by atoms with Gasteiger partial charge in [-0.25, -0.2) is 4.39 Å². The number of hydrogen-bond acceptors (Lipinski definition) is 1. The molecule has 1 atom stereocenters. The molecule has 1 unspecified atom stereocenters. The molecule has 100 valence electrons. The number of rotatable bonds is 5. The zero-order valence-electron chi connectivity index (χ0n) is 11.5. The van der Waals surface area contributed by atoms with E-state index in [4.69, 9.17) is 0 Å². The Morgan fingerprint density at radius 2 is 1.74 bits per heavy atom. The minimum Gasteiger partial charge on any atom is -0.378 e. The molecule has 0 aromatic heterocycles. The minimum atomic E-state index is -0.192. The highest BCUT2D eigenvalue weighted by atomic mass is 19.1. The van der Waals surface area contributed by atoms with Crippen molar-refractivity contribution in [3.63, 3.8) is 0 Å². The molecular weight excluding hydrogens is 237 g/mol. The number of anilines is 1. The van der Waals surface area contributed by atoms with Crippen LogP contribution in [0.5, 0.6) is 0 Å². The number of para-hydroxylation sites is 1. The third-order valence-electron chi connectivity index (χ3n) is 3.28. The molecular formula is C17H20FN. The van der Waals surface area contributed by atoms with Crippen LogP contribution in [0.3, 0.4) is 0 Å². The van der Waals surface area contributed by atoms with E-state index in [1.165, 1.54) is 23.4 Å². The first-order valence-corrected chi connectivity index (χ1v) is 6.80. The molecule has 0 saturated carbocycles. The summed E-state index contributed by atoms with van der Waals surface area (Å²) in [5.41, 5.74) is 3.59. The van der Waals surface area contributed by atoms with Gasteiger partial charge in [0.05, 0.1) is 0 Å². The second-order valence-electron chi connectivity index (χ2n) is 4.82. The molecule has 0 fully saturated rings. The molecule has 2 rings (SSSR count). The molecule has 2 heteroatoms. The van der Waals surface area contributed by atoms with E-state index in [-0.39, 0.29) is 11.9 Å². The second kappa shape index (κ2) is 6.37. The highest BCUT2D eigenvalue weighted by molar-refractivity contribution is 5.52. The quantitative estimate of drug-likeness (QED) is 0.799. The Morgan fingerprint density at radius 3 is 2.42 bits per heavy atom. The van der Waals surface area contributed by atoms with Gasteiger partial charge in [-0.3, -0.25) is 0 Å². The molecule has 2 aromatic carbocycles. The van der Waals surface area contributed by atoms with E-state index in [2.05, 4.69) is 37.4 Å². The Hall–Kier alpha value is -1.83. The highest BCUT2D eigenvalue weighted by Gasteiger charge is 2.07. The van der Waals surface area contributed by atoms with Crippen molar-refractivity contribution in [1.29, 1.82) is 0 Å². The van der Waals surface area contributed by atoms with Crippen LogP contribution >= 0.6 is 0 Å². The summed E-state index contributed by atoms with van der Waals surface area (Å²) >= 11 is 0. The summed E-state index contributed by atoms with van der Waals surface area (Å²) in [5, 5.41) is 3.51. The van der Waals surface area contributed by atoms with Crippen LogP contribution in [0.2, 0.25) is 0 Å². The number of nitrogens with one attached hydrogen (secondary N) is 1. The maximum absolute atomic E-state index is 12.9. The average Bonchev–Trinajstić information content (AvgIpc) is 2.42. The van der Waals surface area contributed by atoms with E-state index in [1.807, 2.05) is 18.2 Å². The summed E-state index contributed by atoms with van der Waals surface area (Å²) < 4.78 is 12.9. The van der Waals surface area contributed by atoms with Crippen LogP contribution < -0.4 is 5.32 Å². The molecule has 0 spiro atoms. The maximum Gasteiger partial charge on any atom is 0.123 e. The number of benzene rings is 2. The van der Waals surface area contributed by atoms with E-state index < -0.39 is 0 Å². The van der Waals surface area contributed by atoms with Crippen LogP contribution in [0.4, 0.5) is 10.1 Å². The normalized spacial score (nSPS) is 12.2. The van der Waals surface area contributed by atoms with Gasteiger partial charge in [-0.1, -0.05) is 43.7 Å². The molecule has 2 aromatic rings. The molecule has 0 aliphatic heterocycles. The van der Waals surface area contributed by atoms with Crippen molar-refractivity contribution in [1.82, 2.24) is 0 Å². The van der Waals surface area contributed by atoms with Crippen LogP contribution in [-0.2, 0) is 6.42 Å². The van der Waals surface area contributed by atoms with Gasteiger partial charge in [-0.15, -0.1) is 0 Å². The summed E-state index contributed by atoms with van der Waals surface area (Å²) in [6, 6.07) is 15.2. The van der Waals surface area contributed by atoms with E-state index in [1.54, 1.807) is 0 Å². The largest absolute Gasteiger partial charge is 0.378 e. The van der Waals surface area contributed by atoms with E-state index in [9.17, 15) is 4.39 Å². The van der Waals surface area contributed by atoms with Gasteiger partial charge in [0, 0.05) is 11.7 Å². The topological polar surface area (TPSA) is 12.0 Å². The first kappa shape index (κ1) is 13.6. The Balaban J connectivity index is 2.14. The summed E-state index contributed by atoms with van der Waals surface area (Å²) in [7, 11) is 0. The predicted octanol–water partition coefficient (Wildman–Crippen LogP) is 4.95. The summed E-state index contributed by atoms with van der Waals surface area (Å²) in [5.74, 6) is -0.192. The minimum absolute atomic E-state index is 0.165. The van der Waals surface area contributed by atoms with Gasteiger partial charge in [0.25, 0.3) is 0 Å². The van der Waals surface area contributed by atoms with Crippen LogP contribution in [0.25, 0.3) is 0 Å². The zero-order valence-corrected chi connectivity index (χ0v) is 11.5. The van der Waals surface area contributed by atoms with Gasteiger partial charge < -0.3 is 5.32 Å². The molecule has 1 nitrogen and oxygen atoms in total. The summed E-state index contributed by atoms with van der Waals surface area (Å²) in [6.45, 7) is 4.27. The van der Waals surface area contributed by atoms with Gasteiger partial charge in [0.2, 0.25) is 0 Å². The molecule has 0 aliphatic rings. The Kier molecular flexibility index (Phi) is 4.56. The third-order valence-corrected chi connectivity index (χ3v) is 3.28. The SMILES string of the molecule is CCCc1ccccc1NC(C)c1ccc(F)cc1. The van der Waals surface area contributed by atoms with Crippen molar-refractivity contribution in [2.24, 2.45) is 0 Å². The lowest BCUT2D eigenvalue weighted by Gasteiger charge is -2.18. The van der Waals surface area contributed by atoms with Gasteiger partial charge in [0.1, 0.15) is 5.82 Å². The van der Waals surface area contributed by atoms with Gasteiger partial charge >= 0.3 is 0 Å². The Morgan fingerprint density at radius 1 is 1.05 bits per heavy atom. The third kappa shape index (κ3) is 3.57. The van der Waals surface area contributed by atoms with Crippen LogP contribution in [0.1, 0.15) is 37.4 Å². The molecule has 0 bridgehead atoms. The van der Waals surface area contributed by atoms with Crippen LogP contribution in [-0.4, -0.2) is 0 Å². The van der Waals surface area contributed by atoms with Gasteiger partial charge in [-0.2, -0.15) is 0 Å². The monoisotopic (exact) mass is 257 g/mol. The van der Waals surface area contributed by atoms with Gasteiger partial charge in [-0.05, 0) is 42.7 Å². The van der Waals surface area contributed by atoms with Crippen LogP contribution in [0, 0.1) is 5.82 Å². The van der Waals surface area contributed by atoms with E-state index in [0.29, 0.717) is 0 Å². The molecule has 0 radical (unpaired) electrons. The smallest absolute Gasteiger partial charge is 0.123 e. The lowest BCUT2D eigenvalue weighted by molar-refractivity contribution is 0.626. The zero-order chi connectivity index (χ0) is 13.7. The molecule has 1 N–H and O–H groups in total. The lowest BCUT2D eigenvalue weighted by atomic mass is 10.0. The molecule has 0 saturated heterocycles. The molecule has 0 heterocycles. The molecule has 19 heavy (non-hydrogen) atoms. The Labute approximate surface area is 114 Å². The van der Waals surface area contributed by atoms with Crippen molar-refractivity contribution in [3.8, 4) is 0 Å². The van der Waals surface area contributed by atoms with Gasteiger partial charge in [0.15, 0.2) is 0 Å². The standard InChI is InChI=1S/C17H20FN/c1-3-6-15-7-4-5-8-17(15)19-13(2)14-9-11-16(18)12-10-14/h4-5,7-13,19H,3,6H2,1-2H3. The van der Waals surface area contributed by atoms with E-state index in [0.717, 1.165) is 18.4 Å². The van der Waals surface area contributed by atoms with Crippen molar-refractivity contribution in [3.05, 3.63) is 65.5 Å². The number of hydrogen-bond donors (Lipinski definition) is 1. The lowest BCUT2D eigenvalue weighted by Crippen LogP contribution is -2.08. The first-order valence-electron chi connectivity index (χ1n) is 6.80. The molecule has 0 aliphatic carbocycles. The number of aryl methyl sites for hydroxylation is 1. The Bertz CT molecular complexity index is 519. The van der Waals surface area contributed by atoms with Crippen LogP contribution in [0.15, 0.2) is 48.5 Å². The highest BCUT2D eigenvalue weighted by Crippen LogP contribution is 2.23. The second-order valence-corrected chi connectivity index (χ2v) is 4.82. The van der Waals surface area contributed by atoms with Crippen molar-refractivity contribution in [2.75, 3.05) is 5.32 Å². The summed E-state index contributed by atoms with van der Waals surface area (Å²) in [6.07, 6.45) is 2.20. The maximum atomic E-state index is 12.9. The number of halogens is 1. The van der Waals surface area contributed by atoms with Crippen molar-refractivity contribution in [2.45, 2.75) is 32.7 Å². The first-order chi connectivity index (χ1) is 9.20. The average molecular weight is 257 g/mol. The summed E-state index contributed by atoms with van der Waals surface area (Å²) in [4.78, 5) is 0. The fourth-order valence-corrected chi connectivity index (χ4v) is 2.22.